The van der Waals surface area contributed by atoms with Crippen molar-refractivity contribution in [1.29, 1.82) is 0 Å². The van der Waals surface area contributed by atoms with Crippen molar-refractivity contribution in [2.45, 2.75) is 0 Å². The second-order valence-electron chi connectivity index (χ2n) is 11.0. The molecule has 0 N–H and O–H groups in total. The number of rotatable bonds is 3. The van der Waals surface area contributed by atoms with Gasteiger partial charge in [0, 0.05) is 27.1 Å². The lowest BCUT2D eigenvalue weighted by Gasteiger charge is -2.12. The first-order valence-corrected chi connectivity index (χ1v) is 14.6. The molecule has 9 rings (SSSR count). The van der Waals surface area contributed by atoms with Crippen LogP contribution in [0.15, 0.2) is 152 Å². The number of pyridine rings is 1. The monoisotopic (exact) mass is 547 g/mol. The molecule has 0 bridgehead atoms. The molecular formula is C40H25N3. The van der Waals surface area contributed by atoms with E-state index in [0.717, 1.165) is 50.0 Å². The molecule has 0 aliphatic rings. The Morgan fingerprint density at radius 1 is 0.395 bits per heavy atom. The lowest BCUT2D eigenvalue weighted by Crippen LogP contribution is -1.96. The van der Waals surface area contributed by atoms with Gasteiger partial charge in [-0.15, -0.1) is 0 Å². The van der Waals surface area contributed by atoms with Crippen molar-refractivity contribution in [3.05, 3.63) is 152 Å². The first-order chi connectivity index (χ1) is 21.3. The Bertz CT molecular complexity index is 2490. The Kier molecular flexibility index (Phi) is 5.20. The number of hydrogen-bond acceptors (Lipinski definition) is 2. The van der Waals surface area contributed by atoms with Gasteiger partial charge < -0.3 is 4.40 Å². The molecule has 43 heavy (non-hydrogen) atoms. The van der Waals surface area contributed by atoms with Gasteiger partial charge in [-0.1, -0.05) is 133 Å². The van der Waals surface area contributed by atoms with Gasteiger partial charge in [0.15, 0.2) is 5.82 Å². The predicted molar refractivity (Wildman–Crippen MR) is 179 cm³/mol. The molecule has 0 saturated heterocycles. The van der Waals surface area contributed by atoms with Gasteiger partial charge in [-0.05, 0) is 34.7 Å². The van der Waals surface area contributed by atoms with E-state index in [-0.39, 0.29) is 0 Å². The normalized spacial score (nSPS) is 11.7. The van der Waals surface area contributed by atoms with Crippen LogP contribution in [-0.2, 0) is 0 Å². The number of hydrogen-bond donors (Lipinski definition) is 0. The number of nitrogens with zero attached hydrogens (tertiary/aromatic N) is 3. The highest BCUT2D eigenvalue weighted by Crippen LogP contribution is 2.43. The predicted octanol–water partition coefficient (Wildman–Crippen LogP) is 10.3. The molecule has 200 valence electrons. The molecule has 0 amide bonds. The standard InChI is InChI=1S/C40H25N3/c1-3-13-26(14-4-1)28-23-24-33-36(25-28)43-35-22-12-10-18-30(35)29-17-7-8-19-31(29)39(43)37(33)40-41-34-21-11-9-20-32(34)38(42-40)27-15-5-2-6-16-27/h1-25H. The van der Waals surface area contributed by atoms with E-state index in [1.807, 2.05) is 6.07 Å². The lowest BCUT2D eigenvalue weighted by atomic mass is 10.0. The second-order valence-corrected chi connectivity index (χ2v) is 11.0. The summed E-state index contributed by atoms with van der Waals surface area (Å²) in [4.78, 5) is 10.6. The van der Waals surface area contributed by atoms with Crippen molar-refractivity contribution in [2.24, 2.45) is 0 Å². The van der Waals surface area contributed by atoms with E-state index in [4.69, 9.17) is 9.97 Å². The molecule has 0 spiro atoms. The zero-order valence-corrected chi connectivity index (χ0v) is 23.3. The summed E-state index contributed by atoms with van der Waals surface area (Å²) in [7, 11) is 0. The third kappa shape index (κ3) is 3.62. The minimum Gasteiger partial charge on any atom is -0.308 e. The molecular weight excluding hydrogens is 522 g/mol. The SMILES string of the molecule is c1ccc(-c2ccc3c(-c4nc(-c5ccccc5)c5ccccc5n4)c4c5ccccc5c5ccccc5n4c3c2)cc1. The van der Waals surface area contributed by atoms with Crippen molar-refractivity contribution in [3.63, 3.8) is 0 Å². The highest BCUT2D eigenvalue weighted by Gasteiger charge is 2.23. The van der Waals surface area contributed by atoms with Crippen LogP contribution < -0.4 is 0 Å². The van der Waals surface area contributed by atoms with Crippen LogP contribution in [0.1, 0.15) is 0 Å². The van der Waals surface area contributed by atoms with Crippen molar-refractivity contribution in [2.75, 3.05) is 0 Å². The maximum Gasteiger partial charge on any atom is 0.163 e. The van der Waals surface area contributed by atoms with Crippen LogP contribution in [0.5, 0.6) is 0 Å². The largest absolute Gasteiger partial charge is 0.308 e. The topological polar surface area (TPSA) is 30.2 Å². The molecule has 0 aliphatic carbocycles. The van der Waals surface area contributed by atoms with Crippen LogP contribution in [0.2, 0.25) is 0 Å². The fraction of sp³-hybridized carbons (Fsp3) is 0. The summed E-state index contributed by atoms with van der Waals surface area (Å²) in [5, 5.41) is 5.82. The lowest BCUT2D eigenvalue weighted by molar-refractivity contribution is 1.24. The van der Waals surface area contributed by atoms with Gasteiger partial charge >= 0.3 is 0 Å². The van der Waals surface area contributed by atoms with E-state index in [0.29, 0.717) is 0 Å². The zero-order valence-electron chi connectivity index (χ0n) is 23.3. The third-order valence-corrected chi connectivity index (χ3v) is 8.57. The summed E-state index contributed by atoms with van der Waals surface area (Å²) in [5.41, 5.74) is 9.83. The summed E-state index contributed by atoms with van der Waals surface area (Å²) < 4.78 is 2.43. The van der Waals surface area contributed by atoms with E-state index >= 15 is 0 Å². The van der Waals surface area contributed by atoms with E-state index in [1.54, 1.807) is 0 Å². The van der Waals surface area contributed by atoms with Gasteiger partial charge in [0.05, 0.1) is 33.3 Å². The van der Waals surface area contributed by atoms with Gasteiger partial charge in [0.2, 0.25) is 0 Å². The van der Waals surface area contributed by atoms with Crippen LogP contribution in [0.3, 0.4) is 0 Å². The number of aromatic nitrogens is 3. The molecule has 9 aromatic rings. The maximum atomic E-state index is 5.36. The second kappa shape index (κ2) is 9.37. The van der Waals surface area contributed by atoms with Crippen molar-refractivity contribution >= 4 is 49.0 Å². The van der Waals surface area contributed by atoms with Gasteiger partial charge in [0.25, 0.3) is 0 Å². The summed E-state index contributed by atoms with van der Waals surface area (Å²) in [6, 6.07) is 53.6. The fourth-order valence-corrected chi connectivity index (χ4v) is 6.66. The van der Waals surface area contributed by atoms with Crippen LogP contribution in [-0.4, -0.2) is 14.4 Å². The number of para-hydroxylation sites is 2. The molecule has 0 unspecified atom stereocenters. The first kappa shape index (κ1) is 23.9. The maximum absolute atomic E-state index is 5.36. The molecule has 3 nitrogen and oxygen atoms in total. The van der Waals surface area contributed by atoms with Crippen LogP contribution in [0.25, 0.3) is 82.8 Å². The van der Waals surface area contributed by atoms with E-state index in [1.165, 1.54) is 32.8 Å². The summed E-state index contributed by atoms with van der Waals surface area (Å²) in [6.07, 6.45) is 0. The molecule has 3 aromatic heterocycles. The van der Waals surface area contributed by atoms with Crippen LogP contribution >= 0.6 is 0 Å². The van der Waals surface area contributed by atoms with Gasteiger partial charge in [-0.3, -0.25) is 0 Å². The average molecular weight is 548 g/mol. The Balaban J connectivity index is 1.49. The molecule has 0 saturated carbocycles. The highest BCUT2D eigenvalue weighted by atomic mass is 14.9. The van der Waals surface area contributed by atoms with Crippen molar-refractivity contribution in [1.82, 2.24) is 14.4 Å². The fourth-order valence-electron chi connectivity index (χ4n) is 6.66. The average Bonchev–Trinajstić information content (AvgIpc) is 3.44. The van der Waals surface area contributed by atoms with Crippen molar-refractivity contribution < 1.29 is 0 Å². The third-order valence-electron chi connectivity index (χ3n) is 8.57. The Morgan fingerprint density at radius 3 is 1.81 bits per heavy atom. The van der Waals surface area contributed by atoms with E-state index in [9.17, 15) is 0 Å². The Labute approximate surface area is 248 Å². The molecule has 0 radical (unpaired) electrons. The van der Waals surface area contributed by atoms with Crippen LogP contribution in [0, 0.1) is 0 Å². The highest BCUT2D eigenvalue weighted by molar-refractivity contribution is 6.21. The van der Waals surface area contributed by atoms with Crippen LogP contribution in [0.4, 0.5) is 0 Å². The number of fused-ring (bicyclic) bond motifs is 9. The summed E-state index contributed by atoms with van der Waals surface area (Å²) in [6.45, 7) is 0. The van der Waals surface area contributed by atoms with E-state index < -0.39 is 0 Å². The molecule has 6 aromatic carbocycles. The first-order valence-electron chi connectivity index (χ1n) is 14.6. The minimum absolute atomic E-state index is 0.734. The Hall–Kier alpha value is -5.80. The summed E-state index contributed by atoms with van der Waals surface area (Å²) in [5.74, 6) is 0.734. The Morgan fingerprint density at radius 2 is 1.02 bits per heavy atom. The molecule has 3 heteroatoms. The van der Waals surface area contributed by atoms with Gasteiger partial charge in [-0.25, -0.2) is 9.97 Å². The number of benzene rings is 6. The van der Waals surface area contributed by atoms with E-state index in [2.05, 4.69) is 150 Å². The smallest absolute Gasteiger partial charge is 0.163 e. The quantitative estimate of drug-likeness (QED) is 0.206. The molecule has 0 fully saturated rings. The van der Waals surface area contributed by atoms with Crippen molar-refractivity contribution in [3.8, 4) is 33.8 Å². The van der Waals surface area contributed by atoms with Gasteiger partial charge in [0.1, 0.15) is 0 Å². The molecule has 0 atom stereocenters. The van der Waals surface area contributed by atoms with Gasteiger partial charge in [-0.2, -0.15) is 0 Å². The summed E-state index contributed by atoms with van der Waals surface area (Å²) >= 11 is 0. The minimum atomic E-state index is 0.734. The molecule has 0 aliphatic heterocycles. The molecule has 3 heterocycles. The zero-order chi connectivity index (χ0) is 28.3.